The molecular formula is C27H24N6O2S. The number of pyridine rings is 1. The zero-order valence-electron chi connectivity index (χ0n) is 19.5. The fourth-order valence-electron chi connectivity index (χ4n) is 3.61. The van der Waals surface area contributed by atoms with Gasteiger partial charge in [0.2, 0.25) is 12.2 Å². The van der Waals surface area contributed by atoms with E-state index in [1.165, 1.54) is 0 Å². The Labute approximate surface area is 210 Å². The summed E-state index contributed by atoms with van der Waals surface area (Å²) in [5.74, 6) is 0.381. The van der Waals surface area contributed by atoms with Crippen LogP contribution in [0.3, 0.4) is 0 Å². The Bertz CT molecular complexity index is 1480. The van der Waals surface area contributed by atoms with Crippen LogP contribution in [0, 0.1) is 11.5 Å². The van der Waals surface area contributed by atoms with Gasteiger partial charge in [0.05, 0.1) is 4.90 Å². The van der Waals surface area contributed by atoms with Gasteiger partial charge in [-0.25, -0.2) is 8.42 Å². The van der Waals surface area contributed by atoms with E-state index in [1.54, 1.807) is 59.8 Å². The lowest BCUT2D eigenvalue weighted by Gasteiger charge is -2.21. The molecule has 0 aliphatic rings. The second-order valence-electron chi connectivity index (χ2n) is 7.92. The first-order valence-electron chi connectivity index (χ1n) is 11.1. The standard InChI is InChI=1S/C27H24N6O2S/c1-33(27(30-20-28)31-23-15-17-29-18-16-23)19-21-11-13-24(14-12-21)32-36(34,35)26-10-6-5-9-25(26)22-7-3-2-4-8-22/h2-18,32H,19H2,1H3,(H,29,30,31). The minimum Gasteiger partial charge on any atom is -0.341 e. The summed E-state index contributed by atoms with van der Waals surface area (Å²) < 4.78 is 29.1. The number of hydrogen-bond donors (Lipinski definition) is 2. The molecule has 0 amide bonds. The van der Waals surface area contributed by atoms with E-state index in [1.807, 2.05) is 61.8 Å². The van der Waals surface area contributed by atoms with Crippen molar-refractivity contribution in [1.82, 2.24) is 9.88 Å². The van der Waals surface area contributed by atoms with Crippen molar-refractivity contribution >= 4 is 27.4 Å². The molecule has 3 aromatic carbocycles. The van der Waals surface area contributed by atoms with Crippen molar-refractivity contribution in [2.45, 2.75) is 11.4 Å². The zero-order chi connectivity index (χ0) is 25.4. The molecule has 0 unspecified atom stereocenters. The summed E-state index contributed by atoms with van der Waals surface area (Å²) in [5.41, 5.74) is 3.57. The highest BCUT2D eigenvalue weighted by molar-refractivity contribution is 7.92. The third kappa shape index (κ3) is 6.05. The number of nitrogens with one attached hydrogen (secondary N) is 2. The van der Waals surface area contributed by atoms with Crippen molar-refractivity contribution in [3.05, 3.63) is 109 Å². The number of anilines is 2. The van der Waals surface area contributed by atoms with Gasteiger partial charge in [-0.1, -0.05) is 60.7 Å². The quantitative estimate of drug-likeness (QED) is 0.213. The van der Waals surface area contributed by atoms with Crippen LogP contribution in [0.25, 0.3) is 11.1 Å². The molecule has 0 saturated carbocycles. The van der Waals surface area contributed by atoms with Gasteiger partial charge in [-0.05, 0) is 41.5 Å². The van der Waals surface area contributed by atoms with Crippen molar-refractivity contribution in [2.75, 3.05) is 17.1 Å². The van der Waals surface area contributed by atoms with E-state index >= 15 is 0 Å². The van der Waals surface area contributed by atoms with Gasteiger partial charge in [-0.15, -0.1) is 4.99 Å². The van der Waals surface area contributed by atoms with Crippen LogP contribution in [-0.4, -0.2) is 31.3 Å². The lowest BCUT2D eigenvalue weighted by molar-refractivity contribution is 0.499. The van der Waals surface area contributed by atoms with Crippen LogP contribution < -0.4 is 10.0 Å². The smallest absolute Gasteiger partial charge is 0.262 e. The zero-order valence-corrected chi connectivity index (χ0v) is 20.4. The number of guanidine groups is 1. The predicted octanol–water partition coefficient (Wildman–Crippen LogP) is 4.93. The summed E-state index contributed by atoms with van der Waals surface area (Å²) in [6.45, 7) is 0.447. The van der Waals surface area contributed by atoms with Crippen LogP contribution in [0.4, 0.5) is 11.4 Å². The molecule has 1 aromatic heterocycles. The summed E-state index contributed by atoms with van der Waals surface area (Å²) in [5, 5.41) is 12.2. The first-order chi connectivity index (χ1) is 17.5. The number of nitrogens with zero attached hydrogens (tertiary/aromatic N) is 4. The fourth-order valence-corrected chi connectivity index (χ4v) is 4.90. The fraction of sp³-hybridized carbons (Fsp3) is 0.0741. The number of sulfonamides is 1. The van der Waals surface area contributed by atoms with E-state index in [9.17, 15) is 8.42 Å². The number of nitriles is 1. The second kappa shape index (κ2) is 11.2. The van der Waals surface area contributed by atoms with Gasteiger partial charge in [-0.3, -0.25) is 9.71 Å². The second-order valence-corrected chi connectivity index (χ2v) is 9.57. The monoisotopic (exact) mass is 496 g/mol. The van der Waals surface area contributed by atoms with Crippen molar-refractivity contribution in [3.8, 4) is 17.3 Å². The molecule has 8 nitrogen and oxygen atoms in total. The first-order valence-corrected chi connectivity index (χ1v) is 12.6. The number of hydrogen-bond acceptors (Lipinski definition) is 5. The average molecular weight is 497 g/mol. The number of aliphatic imine (C=N–C) groups is 1. The minimum absolute atomic E-state index is 0.208. The molecule has 2 N–H and O–H groups in total. The van der Waals surface area contributed by atoms with E-state index in [4.69, 9.17) is 5.26 Å². The molecule has 180 valence electrons. The van der Waals surface area contributed by atoms with Crippen molar-refractivity contribution in [1.29, 1.82) is 5.26 Å². The Morgan fingerprint density at radius 2 is 1.58 bits per heavy atom. The largest absolute Gasteiger partial charge is 0.341 e. The normalized spacial score (nSPS) is 11.4. The highest BCUT2D eigenvalue weighted by atomic mass is 32.2. The number of rotatable bonds is 7. The lowest BCUT2D eigenvalue weighted by Crippen LogP contribution is -2.32. The van der Waals surface area contributed by atoms with Gasteiger partial charge >= 0.3 is 0 Å². The van der Waals surface area contributed by atoms with Gasteiger partial charge in [0.25, 0.3) is 10.0 Å². The molecule has 4 aromatic rings. The number of benzene rings is 3. The van der Waals surface area contributed by atoms with Crippen LogP contribution in [0.2, 0.25) is 0 Å². The minimum atomic E-state index is -3.81. The first kappa shape index (κ1) is 24.4. The van der Waals surface area contributed by atoms with Gasteiger partial charge < -0.3 is 10.2 Å². The molecule has 0 bridgehead atoms. The molecule has 9 heteroatoms. The molecule has 0 atom stereocenters. The molecule has 0 aliphatic carbocycles. The van der Waals surface area contributed by atoms with Crippen molar-refractivity contribution in [3.63, 3.8) is 0 Å². The van der Waals surface area contributed by atoms with E-state index in [2.05, 4.69) is 20.0 Å². The van der Waals surface area contributed by atoms with E-state index in [0.29, 0.717) is 23.8 Å². The van der Waals surface area contributed by atoms with Gasteiger partial charge in [0.1, 0.15) is 0 Å². The van der Waals surface area contributed by atoms with Crippen LogP contribution >= 0.6 is 0 Å². The van der Waals surface area contributed by atoms with Gasteiger partial charge in [0.15, 0.2) is 0 Å². The molecule has 1 heterocycles. The maximum atomic E-state index is 13.2. The molecule has 4 rings (SSSR count). The molecule has 0 radical (unpaired) electrons. The predicted molar refractivity (Wildman–Crippen MR) is 142 cm³/mol. The van der Waals surface area contributed by atoms with Crippen LogP contribution in [0.5, 0.6) is 0 Å². The number of aromatic nitrogens is 1. The summed E-state index contributed by atoms with van der Waals surface area (Å²) in [7, 11) is -2.01. The SMILES string of the molecule is CN(Cc1ccc(NS(=O)(=O)c2ccccc2-c2ccccc2)cc1)/C(=N/C#N)Nc1ccncc1. The molecule has 0 saturated heterocycles. The van der Waals surface area contributed by atoms with Gasteiger partial charge in [-0.2, -0.15) is 5.26 Å². The summed E-state index contributed by atoms with van der Waals surface area (Å²) in [6.07, 6.45) is 5.10. The molecule has 0 spiro atoms. The Morgan fingerprint density at radius 1 is 0.917 bits per heavy atom. The Kier molecular flexibility index (Phi) is 7.58. The van der Waals surface area contributed by atoms with E-state index in [0.717, 1.165) is 16.8 Å². The van der Waals surface area contributed by atoms with Crippen LogP contribution in [0.15, 0.2) is 113 Å². The van der Waals surface area contributed by atoms with E-state index in [-0.39, 0.29) is 4.90 Å². The Morgan fingerprint density at radius 3 is 2.28 bits per heavy atom. The molecule has 36 heavy (non-hydrogen) atoms. The van der Waals surface area contributed by atoms with Crippen molar-refractivity contribution in [2.24, 2.45) is 4.99 Å². The Hall–Kier alpha value is -4.68. The third-order valence-corrected chi connectivity index (χ3v) is 6.78. The molecule has 0 aliphatic heterocycles. The Balaban J connectivity index is 1.48. The highest BCUT2D eigenvalue weighted by Gasteiger charge is 2.19. The highest BCUT2D eigenvalue weighted by Crippen LogP contribution is 2.28. The van der Waals surface area contributed by atoms with E-state index < -0.39 is 10.0 Å². The lowest BCUT2D eigenvalue weighted by atomic mass is 10.1. The maximum absolute atomic E-state index is 13.2. The maximum Gasteiger partial charge on any atom is 0.262 e. The summed E-state index contributed by atoms with van der Waals surface area (Å²) in [4.78, 5) is 9.85. The van der Waals surface area contributed by atoms with Crippen LogP contribution in [-0.2, 0) is 16.6 Å². The topological polar surface area (TPSA) is 110 Å². The van der Waals surface area contributed by atoms with Crippen molar-refractivity contribution < 1.29 is 8.42 Å². The molecule has 0 fully saturated rings. The van der Waals surface area contributed by atoms with Gasteiger partial charge in [0, 0.05) is 42.9 Å². The third-order valence-electron chi connectivity index (χ3n) is 5.34. The summed E-state index contributed by atoms with van der Waals surface area (Å²) in [6, 6.07) is 27.0. The average Bonchev–Trinajstić information content (AvgIpc) is 2.90. The molecular weight excluding hydrogens is 472 g/mol. The summed E-state index contributed by atoms with van der Waals surface area (Å²) >= 11 is 0. The van der Waals surface area contributed by atoms with Crippen LogP contribution in [0.1, 0.15) is 5.56 Å².